The predicted molar refractivity (Wildman–Crippen MR) is 259 cm³/mol. The van der Waals surface area contributed by atoms with Gasteiger partial charge in [-0.05, 0) is 165 Å². The average molecular weight is 860 g/mol. The fraction of sp³-hybridized carbons (Fsp3) is 0.527. The van der Waals surface area contributed by atoms with E-state index in [1.165, 1.54) is 66.4 Å². The molecule has 2 amide bonds. The molecule has 64 heavy (non-hydrogen) atoms. The molecule has 2 aromatic carbocycles. The Bertz CT molecular complexity index is 2570. The number of rotatable bonds is 8. The van der Waals surface area contributed by atoms with Crippen molar-refractivity contribution in [2.24, 2.45) is 29.6 Å². The van der Waals surface area contributed by atoms with Gasteiger partial charge >= 0.3 is 0 Å². The number of likely N-dealkylation sites (tertiary alicyclic amines) is 2. The summed E-state index contributed by atoms with van der Waals surface area (Å²) < 4.78 is 0. The number of aromatic nitrogens is 4. The largest absolute Gasteiger partial charge is 0.340 e. The van der Waals surface area contributed by atoms with Crippen LogP contribution in [0.25, 0.3) is 33.2 Å². The zero-order valence-corrected chi connectivity index (χ0v) is 38.8. The minimum atomic E-state index is -0.210. The molecule has 9 atom stereocenters. The molecule has 4 heterocycles. The van der Waals surface area contributed by atoms with Crippen LogP contribution in [0.4, 0.5) is 0 Å². The van der Waals surface area contributed by atoms with Crippen LogP contribution in [-0.2, 0) is 9.59 Å². The van der Waals surface area contributed by atoms with E-state index in [0.29, 0.717) is 29.7 Å². The predicted octanol–water partition coefficient (Wildman–Crippen LogP) is 11.7. The molecule has 11 rings (SSSR count). The first-order valence-electron chi connectivity index (χ1n) is 24.8. The number of hydrogen-bond acceptors (Lipinski definition) is 5. The third-order valence-electron chi connectivity index (χ3n) is 16.6. The molecule has 4 aromatic rings. The molecule has 2 bridgehead atoms. The number of likely N-dealkylation sites (N-methyl/N-ethyl adjacent to an activating group) is 1. The van der Waals surface area contributed by atoms with Gasteiger partial charge < -0.3 is 25.1 Å². The van der Waals surface area contributed by atoms with E-state index in [1.54, 1.807) is 0 Å². The molecule has 9 nitrogen and oxygen atoms in total. The van der Waals surface area contributed by atoms with E-state index < -0.39 is 0 Å². The average Bonchev–Trinajstić information content (AvgIpc) is 4.10. The van der Waals surface area contributed by atoms with Crippen molar-refractivity contribution in [2.45, 2.75) is 148 Å². The topological polar surface area (TPSA) is 110 Å². The number of hydrogen-bond donors (Lipinski definition) is 3. The lowest BCUT2D eigenvalue weighted by Crippen LogP contribution is -2.51. The number of nitrogens with one attached hydrogen (secondary N) is 3. The Kier molecular flexibility index (Phi) is 11.9. The van der Waals surface area contributed by atoms with Gasteiger partial charge in [0, 0.05) is 12.1 Å². The highest BCUT2D eigenvalue weighted by molar-refractivity contribution is 5.88. The number of amides is 2. The summed E-state index contributed by atoms with van der Waals surface area (Å²) >= 11 is 0. The second kappa shape index (κ2) is 17.8. The summed E-state index contributed by atoms with van der Waals surface area (Å²) in [7, 11) is 1.92. The maximum absolute atomic E-state index is 14.3. The molecule has 2 aliphatic heterocycles. The van der Waals surface area contributed by atoms with Gasteiger partial charge in [0.15, 0.2) is 0 Å². The Morgan fingerprint density at radius 2 is 1.50 bits per heavy atom. The molecule has 0 radical (unpaired) electrons. The summed E-state index contributed by atoms with van der Waals surface area (Å²) in [6.07, 6.45) is 25.8. The van der Waals surface area contributed by atoms with E-state index in [9.17, 15) is 9.59 Å². The third kappa shape index (κ3) is 7.83. The second-order valence-corrected chi connectivity index (χ2v) is 20.7. The number of allylic oxidation sites excluding steroid dienone is 9. The van der Waals surface area contributed by atoms with Gasteiger partial charge in [-0.25, -0.2) is 9.97 Å². The van der Waals surface area contributed by atoms with Crippen LogP contribution in [0, 0.1) is 29.6 Å². The molecular weight excluding hydrogens is 791 g/mol. The molecule has 5 aliphatic carbocycles. The second-order valence-electron chi connectivity index (χ2n) is 20.7. The number of aromatic amines is 2. The van der Waals surface area contributed by atoms with Crippen molar-refractivity contribution in [3.8, 4) is 0 Å². The Labute approximate surface area is 380 Å². The zero-order valence-electron chi connectivity index (χ0n) is 38.8. The molecule has 3 N–H and O–H groups in total. The van der Waals surface area contributed by atoms with Crippen LogP contribution in [0.2, 0.25) is 0 Å². The van der Waals surface area contributed by atoms with Crippen molar-refractivity contribution in [1.29, 1.82) is 0 Å². The molecular formula is C55H69N7O2. The highest BCUT2D eigenvalue weighted by Gasteiger charge is 2.48. The Balaban J connectivity index is 0.927. The lowest BCUT2D eigenvalue weighted by Gasteiger charge is -2.36. The van der Waals surface area contributed by atoms with Gasteiger partial charge in [-0.2, -0.15) is 0 Å². The van der Waals surface area contributed by atoms with Gasteiger partial charge in [0.25, 0.3) is 0 Å². The number of benzene rings is 2. The molecule has 1 unspecified atom stereocenters. The van der Waals surface area contributed by atoms with Crippen molar-refractivity contribution in [3.05, 3.63) is 107 Å². The minimum absolute atomic E-state index is 0.0270. The van der Waals surface area contributed by atoms with E-state index in [0.717, 1.165) is 103 Å². The summed E-state index contributed by atoms with van der Waals surface area (Å²) in [5.41, 5.74) is 12.9. The van der Waals surface area contributed by atoms with Crippen LogP contribution < -0.4 is 5.32 Å². The molecule has 9 heteroatoms. The number of imidazole rings is 2. The number of fused-ring (bicyclic) bond motifs is 11. The standard InChI is InChI=1S/C55H69N7O2/c1-7-35-16-17-36-18-19-37(26-43(36)39-21-23-44-47(28-39)59-53(57-44)50-29-40-12-8-10-14-48(40)61(50)31-63)33(4)24-34(5)42(25-35)38-20-22-45-46(27-38)60-54(58-45)51-30-41-13-9-11-15-49(41)62(51)55(64)52(56-6)32(2)3/h7,18-23,25,27-28,31-33,37,40-41,48-52,56H,5,8-17,24,26,29-30H2,1-4,6H3,(H,57,59)(H,58,60)/b35-7-,42-25+/t33-,37-,40+,41+,48+,49+,50+,51+,52?/m1/s1. The van der Waals surface area contributed by atoms with E-state index in [1.807, 2.05) is 7.05 Å². The molecule has 0 spiro atoms. The van der Waals surface area contributed by atoms with E-state index in [2.05, 4.69) is 113 Å². The first kappa shape index (κ1) is 42.9. The van der Waals surface area contributed by atoms with Crippen molar-refractivity contribution in [1.82, 2.24) is 35.1 Å². The van der Waals surface area contributed by atoms with Crippen LogP contribution >= 0.6 is 0 Å². The van der Waals surface area contributed by atoms with E-state index >= 15 is 0 Å². The summed E-state index contributed by atoms with van der Waals surface area (Å²) in [4.78, 5) is 48.7. The Morgan fingerprint density at radius 3 is 2.19 bits per heavy atom. The van der Waals surface area contributed by atoms with Crippen LogP contribution in [0.15, 0.2) is 84.0 Å². The van der Waals surface area contributed by atoms with Crippen molar-refractivity contribution in [2.75, 3.05) is 7.05 Å². The first-order chi connectivity index (χ1) is 31.1. The van der Waals surface area contributed by atoms with E-state index in [-0.39, 0.29) is 36.0 Å². The lowest BCUT2D eigenvalue weighted by molar-refractivity contribution is -0.138. The molecule has 4 fully saturated rings. The highest BCUT2D eigenvalue weighted by Crippen LogP contribution is 2.48. The third-order valence-corrected chi connectivity index (χ3v) is 16.6. The normalized spacial score (nSPS) is 30.8. The van der Waals surface area contributed by atoms with Crippen molar-refractivity contribution < 1.29 is 9.59 Å². The van der Waals surface area contributed by atoms with Gasteiger partial charge in [0.2, 0.25) is 12.3 Å². The Hall–Kier alpha value is -5.02. The van der Waals surface area contributed by atoms with Gasteiger partial charge in [0.05, 0.1) is 40.2 Å². The van der Waals surface area contributed by atoms with E-state index in [4.69, 9.17) is 16.5 Å². The molecule has 336 valence electrons. The zero-order chi connectivity index (χ0) is 44.2. The summed E-state index contributed by atoms with van der Waals surface area (Å²) in [6, 6.07) is 13.8. The highest BCUT2D eigenvalue weighted by atomic mass is 16.2. The monoisotopic (exact) mass is 860 g/mol. The fourth-order valence-electron chi connectivity index (χ4n) is 13.1. The maximum Gasteiger partial charge on any atom is 0.240 e. The van der Waals surface area contributed by atoms with Crippen LogP contribution in [0.1, 0.15) is 152 Å². The number of nitrogens with zero attached hydrogens (tertiary/aromatic N) is 4. The van der Waals surface area contributed by atoms with Crippen LogP contribution in [-0.4, -0.2) is 67.2 Å². The Morgan fingerprint density at radius 1 is 0.859 bits per heavy atom. The van der Waals surface area contributed by atoms with Gasteiger partial charge in [-0.1, -0.05) is 95.0 Å². The van der Waals surface area contributed by atoms with Gasteiger partial charge in [-0.3, -0.25) is 9.59 Å². The molecule has 2 saturated carbocycles. The lowest BCUT2D eigenvalue weighted by atomic mass is 9.75. The smallest absolute Gasteiger partial charge is 0.240 e. The van der Waals surface area contributed by atoms with Gasteiger partial charge in [0.1, 0.15) is 11.6 Å². The van der Waals surface area contributed by atoms with Gasteiger partial charge in [-0.15, -0.1) is 0 Å². The number of carbonyl (C=O) groups excluding carboxylic acids is 2. The summed E-state index contributed by atoms with van der Waals surface area (Å²) in [6.45, 7) is 13.6. The number of carbonyl (C=O) groups is 2. The first-order valence-corrected chi connectivity index (χ1v) is 24.8. The fourth-order valence-corrected chi connectivity index (χ4v) is 13.1. The summed E-state index contributed by atoms with van der Waals surface area (Å²) in [5.74, 6) is 4.12. The quantitative estimate of drug-likeness (QED) is 0.153. The molecule has 2 aromatic heterocycles. The molecule has 2 saturated heterocycles. The van der Waals surface area contributed by atoms with Crippen LogP contribution in [0.3, 0.4) is 0 Å². The minimum Gasteiger partial charge on any atom is -0.340 e. The SMILES string of the molecule is C=C1C[C@@H](C)[C@@H]2C=CC(=C(c3ccc4nc([C@@H]5C[C@@H]6CCCC[C@@H]6N5C=O)[nH]c4c3)C2)CCC(=C/C)/C=C\1c1ccc2nc([C@@H]3C[C@@H]4CCCC[C@@H]4N3C(=O)C(NC)C(C)C)[nH]c2c1. The summed E-state index contributed by atoms with van der Waals surface area (Å²) in [5, 5.41) is 3.34. The van der Waals surface area contributed by atoms with Crippen LogP contribution in [0.5, 0.6) is 0 Å². The van der Waals surface area contributed by atoms with Crippen molar-refractivity contribution >= 4 is 45.5 Å². The maximum atomic E-state index is 14.3. The van der Waals surface area contributed by atoms with Crippen molar-refractivity contribution in [3.63, 3.8) is 0 Å². The molecule has 7 aliphatic rings. The number of H-pyrrole nitrogens is 2.